The van der Waals surface area contributed by atoms with E-state index in [1.807, 2.05) is 24.3 Å². The Labute approximate surface area is 231 Å². The molecular formula is C30H30N4O4S. The van der Waals surface area contributed by atoms with Gasteiger partial charge in [0.05, 0.1) is 23.4 Å². The number of aromatic hydroxyl groups is 1. The number of nitrogens with one attached hydrogen (secondary N) is 1. The summed E-state index contributed by atoms with van der Waals surface area (Å²) in [5.74, 6) is 1.40. The molecule has 0 unspecified atom stereocenters. The molecule has 2 N–H and O–H groups in total. The van der Waals surface area contributed by atoms with Crippen LogP contribution in [0, 0.1) is 0 Å². The predicted molar refractivity (Wildman–Crippen MR) is 154 cm³/mol. The van der Waals surface area contributed by atoms with Crippen LogP contribution in [-0.2, 0) is 20.9 Å². The Morgan fingerprint density at radius 1 is 1.05 bits per heavy atom. The van der Waals surface area contributed by atoms with Crippen LogP contribution < -0.4 is 10.2 Å². The Kier molecular flexibility index (Phi) is 8.29. The van der Waals surface area contributed by atoms with E-state index >= 15 is 0 Å². The van der Waals surface area contributed by atoms with Crippen molar-refractivity contribution in [2.45, 2.75) is 26.3 Å². The second-order valence-electron chi connectivity index (χ2n) is 9.29. The second-order valence-corrected chi connectivity index (χ2v) is 10.3. The summed E-state index contributed by atoms with van der Waals surface area (Å²) in [5, 5.41) is 12.9. The van der Waals surface area contributed by atoms with Crippen molar-refractivity contribution in [3.05, 3.63) is 72.3 Å². The average molecular weight is 543 g/mol. The summed E-state index contributed by atoms with van der Waals surface area (Å²) in [6.07, 6.45) is 3.55. The molecule has 0 aliphatic carbocycles. The summed E-state index contributed by atoms with van der Waals surface area (Å²) >= 11 is 1.64. The van der Waals surface area contributed by atoms with E-state index in [0.29, 0.717) is 25.6 Å². The number of amides is 1. The van der Waals surface area contributed by atoms with Crippen molar-refractivity contribution in [3.63, 3.8) is 0 Å². The van der Waals surface area contributed by atoms with Crippen LogP contribution >= 0.6 is 11.3 Å². The van der Waals surface area contributed by atoms with E-state index in [-0.39, 0.29) is 30.3 Å². The number of ether oxygens (including phenoxy) is 1. The van der Waals surface area contributed by atoms with Gasteiger partial charge in [-0.05, 0) is 48.4 Å². The molecule has 1 aliphatic rings. The number of ketones is 1. The number of fused-ring (bicyclic) bond motifs is 1. The van der Waals surface area contributed by atoms with Crippen LogP contribution in [0.3, 0.4) is 0 Å². The van der Waals surface area contributed by atoms with Crippen LogP contribution in [0.1, 0.15) is 25.3 Å². The quantitative estimate of drug-likeness (QED) is 0.283. The molecule has 0 saturated carbocycles. The normalized spacial score (nSPS) is 13.7. The van der Waals surface area contributed by atoms with E-state index in [4.69, 9.17) is 14.7 Å². The van der Waals surface area contributed by atoms with E-state index in [1.165, 1.54) is 6.08 Å². The first kappa shape index (κ1) is 26.5. The highest BCUT2D eigenvalue weighted by molar-refractivity contribution is 7.22. The lowest BCUT2D eigenvalue weighted by Gasteiger charge is -2.28. The molecule has 0 spiro atoms. The highest BCUT2D eigenvalue weighted by atomic mass is 32.1. The first-order valence-electron chi connectivity index (χ1n) is 13.0. The third-order valence-electron chi connectivity index (χ3n) is 6.42. The van der Waals surface area contributed by atoms with Crippen LogP contribution in [0.4, 0.5) is 5.82 Å². The second kappa shape index (κ2) is 12.2. The third-order valence-corrected chi connectivity index (χ3v) is 7.59. The number of hydrogen-bond acceptors (Lipinski definition) is 8. The van der Waals surface area contributed by atoms with Gasteiger partial charge in [-0.15, -0.1) is 11.3 Å². The minimum atomic E-state index is -0.148. The number of hydrogen-bond donors (Lipinski definition) is 2. The number of rotatable bonds is 9. The molecule has 200 valence electrons. The van der Waals surface area contributed by atoms with E-state index < -0.39 is 0 Å². The van der Waals surface area contributed by atoms with E-state index in [0.717, 1.165) is 50.7 Å². The Morgan fingerprint density at radius 2 is 1.85 bits per heavy atom. The van der Waals surface area contributed by atoms with Gasteiger partial charge in [0, 0.05) is 42.9 Å². The van der Waals surface area contributed by atoms with Gasteiger partial charge < -0.3 is 20.1 Å². The molecule has 5 rings (SSSR count). The fourth-order valence-corrected chi connectivity index (χ4v) is 5.56. The number of anilines is 1. The van der Waals surface area contributed by atoms with Gasteiger partial charge in [-0.2, -0.15) is 0 Å². The largest absolute Gasteiger partial charge is 0.508 e. The maximum absolute atomic E-state index is 12.2. The number of nitrogens with zero attached hydrogens (tertiary/aromatic N) is 3. The summed E-state index contributed by atoms with van der Waals surface area (Å²) < 4.78 is 6.57. The molecule has 3 heterocycles. The lowest BCUT2D eigenvalue weighted by Crippen LogP contribution is -2.36. The maximum atomic E-state index is 12.2. The number of thiophene rings is 1. The number of phenols is 1. The Balaban J connectivity index is 1.41. The molecule has 2 aromatic heterocycles. The molecule has 1 fully saturated rings. The zero-order chi connectivity index (χ0) is 27.2. The average Bonchev–Trinajstić information content (AvgIpc) is 3.40. The van der Waals surface area contributed by atoms with Gasteiger partial charge in [0.15, 0.2) is 17.4 Å². The van der Waals surface area contributed by atoms with Crippen LogP contribution in [0.2, 0.25) is 0 Å². The first-order valence-corrected chi connectivity index (χ1v) is 13.8. The van der Waals surface area contributed by atoms with Crippen LogP contribution in [0.25, 0.3) is 32.0 Å². The third kappa shape index (κ3) is 6.50. The van der Waals surface area contributed by atoms with Gasteiger partial charge in [0.2, 0.25) is 5.91 Å². The summed E-state index contributed by atoms with van der Waals surface area (Å²) in [6.45, 7) is 4.94. The zero-order valence-corrected chi connectivity index (χ0v) is 22.5. The van der Waals surface area contributed by atoms with Crippen molar-refractivity contribution in [2.75, 3.05) is 31.2 Å². The van der Waals surface area contributed by atoms with E-state index in [1.54, 1.807) is 42.5 Å². The monoisotopic (exact) mass is 542 g/mol. The summed E-state index contributed by atoms with van der Waals surface area (Å²) in [6, 6.07) is 17.1. The smallest absolute Gasteiger partial charge is 0.220 e. The van der Waals surface area contributed by atoms with Crippen LogP contribution in [0.15, 0.2) is 66.7 Å². The molecule has 1 amide bonds. The SMILES string of the molecule is C/C=C/C(=O)CCC(=O)NCc1cccc(-c2cc3nc(-c4cccc(O)c4)nc(N4CCOCC4)c3s2)c1. The standard InChI is InChI=1S/C30H30N4O4S/c1-2-5-23(35)10-11-27(37)31-19-20-6-3-7-21(16-20)26-18-25-28(39-26)30(34-12-14-38-15-13-34)33-29(32-25)22-8-4-9-24(36)17-22/h2-9,16-18,36H,10-15,19H2,1H3,(H,31,37)/b5-2+. The number of aromatic nitrogens is 2. The number of allylic oxidation sites excluding steroid dienone is 2. The van der Waals surface area contributed by atoms with Crippen molar-refractivity contribution in [1.82, 2.24) is 15.3 Å². The molecule has 4 aromatic rings. The van der Waals surface area contributed by atoms with Gasteiger partial charge in [0.1, 0.15) is 5.75 Å². The lowest BCUT2D eigenvalue weighted by atomic mass is 10.1. The fraction of sp³-hybridized carbons (Fsp3) is 0.267. The molecule has 0 radical (unpaired) electrons. The van der Waals surface area contributed by atoms with Crippen molar-refractivity contribution >= 4 is 39.1 Å². The van der Waals surface area contributed by atoms with Crippen LogP contribution in [0.5, 0.6) is 5.75 Å². The first-order chi connectivity index (χ1) is 19.0. The molecule has 1 aliphatic heterocycles. The molecule has 9 heteroatoms. The van der Waals surface area contributed by atoms with E-state index in [9.17, 15) is 14.7 Å². The minimum absolute atomic E-state index is 0.0498. The predicted octanol–water partition coefficient (Wildman–Crippen LogP) is 5.11. The number of phenolic OH excluding ortho intramolecular Hbond substituents is 1. The highest BCUT2D eigenvalue weighted by Gasteiger charge is 2.21. The minimum Gasteiger partial charge on any atom is -0.508 e. The molecule has 1 saturated heterocycles. The molecule has 0 atom stereocenters. The van der Waals surface area contributed by atoms with Crippen molar-refractivity contribution in [2.24, 2.45) is 0 Å². The Hall–Kier alpha value is -4.08. The fourth-order valence-electron chi connectivity index (χ4n) is 4.45. The maximum Gasteiger partial charge on any atom is 0.220 e. The topological polar surface area (TPSA) is 105 Å². The van der Waals surface area contributed by atoms with Gasteiger partial charge in [-0.25, -0.2) is 9.97 Å². The summed E-state index contributed by atoms with van der Waals surface area (Å²) in [4.78, 5) is 36.9. The van der Waals surface area contributed by atoms with Gasteiger partial charge in [0.25, 0.3) is 0 Å². The van der Waals surface area contributed by atoms with Gasteiger partial charge >= 0.3 is 0 Å². The molecule has 39 heavy (non-hydrogen) atoms. The van der Waals surface area contributed by atoms with E-state index in [2.05, 4.69) is 22.3 Å². The lowest BCUT2D eigenvalue weighted by molar-refractivity contribution is -0.124. The van der Waals surface area contributed by atoms with Crippen molar-refractivity contribution in [3.8, 4) is 27.6 Å². The molecular weight excluding hydrogens is 512 g/mol. The molecule has 2 aromatic carbocycles. The zero-order valence-electron chi connectivity index (χ0n) is 21.7. The van der Waals surface area contributed by atoms with Crippen LogP contribution in [-0.4, -0.2) is 53.1 Å². The number of carbonyl (C=O) groups excluding carboxylic acids is 2. The number of benzene rings is 2. The van der Waals surface area contributed by atoms with Crippen molar-refractivity contribution in [1.29, 1.82) is 0 Å². The summed E-state index contributed by atoms with van der Waals surface area (Å²) in [7, 11) is 0. The highest BCUT2D eigenvalue weighted by Crippen LogP contribution is 2.39. The number of carbonyl (C=O) groups is 2. The van der Waals surface area contributed by atoms with Crippen molar-refractivity contribution < 1.29 is 19.4 Å². The molecule has 0 bridgehead atoms. The van der Waals surface area contributed by atoms with Gasteiger partial charge in [-0.3, -0.25) is 9.59 Å². The van der Waals surface area contributed by atoms with Gasteiger partial charge in [-0.1, -0.05) is 36.4 Å². The Morgan fingerprint density at radius 3 is 2.64 bits per heavy atom. The molecule has 8 nitrogen and oxygen atoms in total. The Bertz CT molecular complexity index is 1520. The number of morpholine rings is 1. The summed E-state index contributed by atoms with van der Waals surface area (Å²) in [5.41, 5.74) is 3.59.